The maximum absolute atomic E-state index is 11.9. The molecule has 118 valence electrons. The molecular weight excluding hydrogens is 264 g/mol. The van der Waals surface area contributed by atoms with Crippen LogP contribution in [0, 0.1) is 12.8 Å². The van der Waals surface area contributed by atoms with Crippen LogP contribution in [0.2, 0.25) is 0 Å². The molecule has 1 rings (SSSR count). The Morgan fingerprint density at radius 1 is 1.33 bits per heavy atom. The molecule has 1 aromatic carbocycles. The van der Waals surface area contributed by atoms with Crippen LogP contribution in [-0.2, 0) is 9.53 Å². The average molecular weight is 292 g/mol. The van der Waals surface area contributed by atoms with Crippen LogP contribution >= 0.6 is 0 Å². The normalized spacial score (nSPS) is 12.4. The van der Waals surface area contributed by atoms with E-state index >= 15 is 0 Å². The molecule has 0 aliphatic carbocycles. The zero-order valence-electron chi connectivity index (χ0n) is 13.6. The van der Waals surface area contributed by atoms with Crippen LogP contribution in [0.1, 0.15) is 45.6 Å². The van der Waals surface area contributed by atoms with E-state index in [0.29, 0.717) is 24.6 Å². The van der Waals surface area contributed by atoms with Crippen molar-refractivity contribution in [3.8, 4) is 0 Å². The quantitative estimate of drug-likeness (QED) is 0.566. The summed E-state index contributed by atoms with van der Waals surface area (Å²) in [5.41, 5.74) is 8.18. The standard InChI is InChI=1S/C17H28N2O2/c1-12(2)10-14(4)21-9-5-6-17(20)19-16-11-15(18)8-7-13(16)3/h7-8,11-12,14H,5-6,9-10,18H2,1-4H3,(H,19,20). The Kier molecular flexibility index (Phi) is 7.23. The van der Waals surface area contributed by atoms with Gasteiger partial charge in [-0.05, 0) is 50.3 Å². The lowest BCUT2D eigenvalue weighted by Crippen LogP contribution is -2.16. The third kappa shape index (κ3) is 7.14. The molecule has 0 aliphatic rings. The van der Waals surface area contributed by atoms with Crippen molar-refractivity contribution in [1.82, 2.24) is 0 Å². The second-order valence-corrected chi connectivity index (χ2v) is 6.04. The average Bonchev–Trinajstić information content (AvgIpc) is 2.38. The lowest BCUT2D eigenvalue weighted by molar-refractivity contribution is -0.116. The zero-order valence-corrected chi connectivity index (χ0v) is 13.6. The Morgan fingerprint density at radius 2 is 2.05 bits per heavy atom. The minimum atomic E-state index is 0.00353. The van der Waals surface area contributed by atoms with Crippen LogP contribution in [0.5, 0.6) is 0 Å². The van der Waals surface area contributed by atoms with Gasteiger partial charge in [0.05, 0.1) is 6.10 Å². The summed E-state index contributed by atoms with van der Waals surface area (Å²) in [6, 6.07) is 5.52. The van der Waals surface area contributed by atoms with Gasteiger partial charge in [-0.15, -0.1) is 0 Å². The first-order valence-electron chi connectivity index (χ1n) is 7.66. The first kappa shape index (κ1) is 17.5. The molecule has 1 amide bonds. The molecule has 1 unspecified atom stereocenters. The molecular formula is C17H28N2O2. The van der Waals surface area contributed by atoms with Gasteiger partial charge in [-0.3, -0.25) is 4.79 Å². The van der Waals surface area contributed by atoms with E-state index in [9.17, 15) is 4.79 Å². The second kappa shape index (κ2) is 8.67. The van der Waals surface area contributed by atoms with E-state index in [-0.39, 0.29) is 12.0 Å². The van der Waals surface area contributed by atoms with Crippen molar-refractivity contribution in [1.29, 1.82) is 0 Å². The molecule has 0 bridgehead atoms. The number of rotatable bonds is 8. The smallest absolute Gasteiger partial charge is 0.224 e. The van der Waals surface area contributed by atoms with Gasteiger partial charge in [-0.2, -0.15) is 0 Å². The number of nitrogen functional groups attached to an aromatic ring is 1. The minimum absolute atomic E-state index is 0.00353. The van der Waals surface area contributed by atoms with Crippen LogP contribution in [-0.4, -0.2) is 18.6 Å². The Hall–Kier alpha value is -1.55. The Morgan fingerprint density at radius 3 is 2.71 bits per heavy atom. The van der Waals surface area contributed by atoms with Gasteiger partial charge in [-0.25, -0.2) is 0 Å². The highest BCUT2D eigenvalue weighted by Gasteiger charge is 2.07. The number of carbonyl (C=O) groups is 1. The molecule has 0 radical (unpaired) electrons. The van der Waals surface area contributed by atoms with E-state index in [1.807, 2.05) is 19.1 Å². The fourth-order valence-corrected chi connectivity index (χ4v) is 2.24. The molecule has 0 spiro atoms. The predicted octanol–water partition coefficient (Wildman–Crippen LogP) is 3.75. The third-order valence-electron chi connectivity index (χ3n) is 3.29. The molecule has 3 N–H and O–H groups in total. The van der Waals surface area contributed by atoms with Gasteiger partial charge >= 0.3 is 0 Å². The van der Waals surface area contributed by atoms with Crippen molar-refractivity contribution < 1.29 is 9.53 Å². The number of benzene rings is 1. The molecule has 0 fully saturated rings. The van der Waals surface area contributed by atoms with E-state index in [0.717, 1.165) is 24.1 Å². The maximum atomic E-state index is 11.9. The van der Waals surface area contributed by atoms with Crippen LogP contribution in [0.4, 0.5) is 11.4 Å². The van der Waals surface area contributed by atoms with Gasteiger partial charge in [0.1, 0.15) is 0 Å². The van der Waals surface area contributed by atoms with Crippen LogP contribution in [0.15, 0.2) is 18.2 Å². The van der Waals surface area contributed by atoms with Crippen molar-refractivity contribution >= 4 is 17.3 Å². The summed E-state index contributed by atoms with van der Waals surface area (Å²) in [7, 11) is 0. The molecule has 1 atom stereocenters. The number of anilines is 2. The molecule has 0 heterocycles. The third-order valence-corrected chi connectivity index (χ3v) is 3.29. The van der Waals surface area contributed by atoms with Crippen LogP contribution in [0.25, 0.3) is 0 Å². The summed E-state index contributed by atoms with van der Waals surface area (Å²) in [5, 5.41) is 2.90. The molecule has 21 heavy (non-hydrogen) atoms. The number of nitrogens with two attached hydrogens (primary N) is 1. The molecule has 0 aliphatic heterocycles. The van der Waals surface area contributed by atoms with Gasteiger partial charge in [0.2, 0.25) is 5.91 Å². The Labute approximate surface area is 128 Å². The molecule has 0 saturated heterocycles. The van der Waals surface area contributed by atoms with E-state index < -0.39 is 0 Å². The minimum Gasteiger partial charge on any atom is -0.399 e. The maximum Gasteiger partial charge on any atom is 0.224 e. The van der Waals surface area contributed by atoms with Gasteiger partial charge in [0.25, 0.3) is 0 Å². The second-order valence-electron chi connectivity index (χ2n) is 6.04. The summed E-state index contributed by atoms with van der Waals surface area (Å²) >= 11 is 0. The summed E-state index contributed by atoms with van der Waals surface area (Å²) in [5.74, 6) is 0.638. The van der Waals surface area contributed by atoms with E-state index in [2.05, 4.69) is 26.1 Å². The number of aryl methyl sites for hydroxylation is 1. The number of hydrogen-bond donors (Lipinski definition) is 2. The van der Waals surface area contributed by atoms with E-state index in [1.165, 1.54) is 0 Å². The summed E-state index contributed by atoms with van der Waals surface area (Å²) < 4.78 is 5.70. The highest BCUT2D eigenvalue weighted by atomic mass is 16.5. The fraction of sp³-hybridized carbons (Fsp3) is 0.588. The van der Waals surface area contributed by atoms with Gasteiger partial charge < -0.3 is 15.8 Å². The van der Waals surface area contributed by atoms with Crippen molar-refractivity contribution in [2.24, 2.45) is 5.92 Å². The summed E-state index contributed by atoms with van der Waals surface area (Å²) in [6.45, 7) is 9.02. The van der Waals surface area contributed by atoms with Crippen molar-refractivity contribution in [2.45, 2.75) is 53.1 Å². The zero-order chi connectivity index (χ0) is 15.8. The van der Waals surface area contributed by atoms with Gasteiger partial charge in [0.15, 0.2) is 0 Å². The molecule has 0 aromatic heterocycles. The summed E-state index contributed by atoms with van der Waals surface area (Å²) in [6.07, 6.45) is 2.50. The van der Waals surface area contributed by atoms with Gasteiger partial charge in [0, 0.05) is 24.4 Å². The van der Waals surface area contributed by atoms with Crippen LogP contribution < -0.4 is 11.1 Å². The number of nitrogens with one attached hydrogen (secondary N) is 1. The largest absolute Gasteiger partial charge is 0.399 e. The Bertz CT molecular complexity index is 458. The SMILES string of the molecule is Cc1ccc(N)cc1NC(=O)CCCOC(C)CC(C)C. The fourth-order valence-electron chi connectivity index (χ4n) is 2.24. The molecule has 4 nitrogen and oxygen atoms in total. The Balaban J connectivity index is 2.27. The number of hydrogen-bond acceptors (Lipinski definition) is 3. The molecule has 1 aromatic rings. The predicted molar refractivity (Wildman–Crippen MR) is 88.3 cm³/mol. The van der Waals surface area contributed by atoms with Crippen molar-refractivity contribution in [3.63, 3.8) is 0 Å². The number of carbonyl (C=O) groups excluding carboxylic acids is 1. The first-order chi connectivity index (χ1) is 9.88. The van der Waals surface area contributed by atoms with Crippen molar-refractivity contribution in [3.05, 3.63) is 23.8 Å². The highest BCUT2D eigenvalue weighted by Crippen LogP contribution is 2.18. The monoisotopic (exact) mass is 292 g/mol. The van der Waals surface area contributed by atoms with Crippen LogP contribution in [0.3, 0.4) is 0 Å². The lowest BCUT2D eigenvalue weighted by Gasteiger charge is -2.15. The number of amides is 1. The molecule has 0 saturated carbocycles. The van der Waals surface area contributed by atoms with Crippen molar-refractivity contribution in [2.75, 3.05) is 17.7 Å². The lowest BCUT2D eigenvalue weighted by atomic mass is 10.1. The molecule has 4 heteroatoms. The first-order valence-corrected chi connectivity index (χ1v) is 7.66. The van der Waals surface area contributed by atoms with Gasteiger partial charge in [-0.1, -0.05) is 19.9 Å². The summed E-state index contributed by atoms with van der Waals surface area (Å²) in [4.78, 5) is 11.9. The van der Waals surface area contributed by atoms with E-state index in [4.69, 9.17) is 10.5 Å². The highest BCUT2D eigenvalue weighted by molar-refractivity contribution is 5.91. The topological polar surface area (TPSA) is 64.3 Å². The van der Waals surface area contributed by atoms with E-state index in [1.54, 1.807) is 6.07 Å². The number of ether oxygens (including phenoxy) is 1.